The van der Waals surface area contributed by atoms with Gasteiger partial charge in [-0.25, -0.2) is 4.79 Å². The number of hydrogen-bond acceptors (Lipinski definition) is 5. The van der Waals surface area contributed by atoms with E-state index in [4.69, 9.17) is 9.15 Å². The Morgan fingerprint density at radius 1 is 1.10 bits per heavy atom. The third kappa shape index (κ3) is 6.29. The quantitative estimate of drug-likeness (QED) is 0.204. The van der Waals surface area contributed by atoms with Gasteiger partial charge in [0.05, 0.1) is 23.3 Å². The molecule has 0 aliphatic carbocycles. The van der Waals surface area contributed by atoms with Gasteiger partial charge in [0.2, 0.25) is 0 Å². The van der Waals surface area contributed by atoms with E-state index >= 15 is 0 Å². The van der Waals surface area contributed by atoms with Gasteiger partial charge in [-0.05, 0) is 56.0 Å². The molecule has 4 aromatic rings. The summed E-state index contributed by atoms with van der Waals surface area (Å²) in [4.78, 5) is 24.9. The summed E-state index contributed by atoms with van der Waals surface area (Å²) < 4.78 is 12.0. The number of anilines is 1. The standard InChI is InChI=1S/C33H33NO5/c1-6-20(2)15-16-38-23(5)24-11-13-25(14-12-24)31-19-30(35)28-18-21(3)17-27(32(28)39-31)22(4)34-29-10-8-7-9-26(29)33(36)37/h7-20,22,34H,5-6H2,1-4H3,(H,36,37)/b16-15-. The number of para-hydroxylation sites is 1. The smallest absolute Gasteiger partial charge is 0.337 e. The van der Waals surface area contributed by atoms with Crippen molar-refractivity contribution in [1.29, 1.82) is 0 Å². The number of carbonyl (C=O) groups is 1. The molecule has 6 nitrogen and oxygen atoms in total. The van der Waals surface area contributed by atoms with Crippen molar-refractivity contribution >= 4 is 28.4 Å². The number of nitrogens with one attached hydrogen (secondary N) is 1. The van der Waals surface area contributed by atoms with Gasteiger partial charge < -0.3 is 19.6 Å². The number of aryl methyl sites for hydroxylation is 1. The number of carboxylic acids is 1. The fourth-order valence-corrected chi connectivity index (χ4v) is 4.28. The molecule has 0 bridgehead atoms. The maximum absolute atomic E-state index is 13.2. The number of ether oxygens (including phenoxy) is 1. The van der Waals surface area contributed by atoms with Gasteiger partial charge in [-0.2, -0.15) is 0 Å². The van der Waals surface area contributed by atoms with Crippen molar-refractivity contribution in [3.63, 3.8) is 0 Å². The summed E-state index contributed by atoms with van der Waals surface area (Å²) in [6.07, 6.45) is 4.70. The predicted octanol–water partition coefficient (Wildman–Crippen LogP) is 8.19. The van der Waals surface area contributed by atoms with Crippen molar-refractivity contribution in [3.05, 3.63) is 118 Å². The Bertz CT molecular complexity index is 1600. The summed E-state index contributed by atoms with van der Waals surface area (Å²) in [5.74, 6) is 0.372. The summed E-state index contributed by atoms with van der Waals surface area (Å²) in [6, 6.07) is 19.1. The zero-order valence-electron chi connectivity index (χ0n) is 22.7. The molecule has 0 saturated carbocycles. The van der Waals surface area contributed by atoms with Crippen LogP contribution in [0.4, 0.5) is 5.69 Å². The first-order valence-electron chi connectivity index (χ1n) is 13.0. The van der Waals surface area contributed by atoms with Gasteiger partial charge in [0.25, 0.3) is 0 Å². The molecule has 0 saturated heterocycles. The Kier molecular flexibility index (Phi) is 8.35. The number of carboxylic acid groups (broad SMARTS) is 1. The highest BCUT2D eigenvalue weighted by atomic mass is 16.5. The van der Waals surface area contributed by atoms with Crippen LogP contribution in [0.1, 0.15) is 60.3 Å². The largest absolute Gasteiger partial charge is 0.478 e. The second kappa shape index (κ2) is 11.9. The normalized spacial score (nSPS) is 12.8. The minimum Gasteiger partial charge on any atom is -0.478 e. The van der Waals surface area contributed by atoms with E-state index in [1.54, 1.807) is 30.5 Å². The number of hydrogen-bond donors (Lipinski definition) is 2. The fraction of sp³-hybridized carbons (Fsp3) is 0.212. The Balaban J connectivity index is 1.67. The van der Waals surface area contributed by atoms with Crippen molar-refractivity contribution in [3.8, 4) is 11.3 Å². The van der Waals surface area contributed by atoms with Crippen LogP contribution < -0.4 is 10.7 Å². The molecule has 1 heterocycles. The van der Waals surface area contributed by atoms with E-state index in [9.17, 15) is 14.7 Å². The maximum atomic E-state index is 13.2. The van der Waals surface area contributed by atoms with Gasteiger partial charge in [-0.3, -0.25) is 4.79 Å². The average molecular weight is 524 g/mol. The zero-order chi connectivity index (χ0) is 28.1. The molecule has 0 spiro atoms. The first kappa shape index (κ1) is 27.5. The molecule has 6 heteroatoms. The number of benzene rings is 3. The molecular weight excluding hydrogens is 490 g/mol. The van der Waals surface area contributed by atoms with E-state index in [2.05, 4.69) is 25.7 Å². The molecular formula is C33H33NO5. The van der Waals surface area contributed by atoms with Crippen LogP contribution in [0.5, 0.6) is 0 Å². The molecule has 1 aromatic heterocycles. The highest BCUT2D eigenvalue weighted by molar-refractivity contribution is 5.94. The van der Waals surface area contributed by atoms with Crippen LogP contribution in [-0.4, -0.2) is 11.1 Å². The summed E-state index contributed by atoms with van der Waals surface area (Å²) in [7, 11) is 0. The van der Waals surface area contributed by atoms with Crippen LogP contribution in [0.25, 0.3) is 28.1 Å². The summed E-state index contributed by atoms with van der Waals surface area (Å²) in [6.45, 7) is 12.1. The van der Waals surface area contributed by atoms with Crippen LogP contribution in [0.15, 0.2) is 94.9 Å². The highest BCUT2D eigenvalue weighted by Crippen LogP contribution is 2.31. The lowest BCUT2D eigenvalue weighted by Gasteiger charge is -2.19. The van der Waals surface area contributed by atoms with E-state index in [1.165, 1.54) is 6.07 Å². The number of allylic oxidation sites excluding steroid dienone is 1. The molecule has 0 amide bonds. The van der Waals surface area contributed by atoms with Gasteiger partial charge >= 0.3 is 5.97 Å². The zero-order valence-corrected chi connectivity index (χ0v) is 22.7. The van der Waals surface area contributed by atoms with Crippen LogP contribution in [0, 0.1) is 12.8 Å². The molecule has 4 rings (SSSR count). The molecule has 0 fully saturated rings. The maximum Gasteiger partial charge on any atom is 0.337 e. The van der Waals surface area contributed by atoms with Gasteiger partial charge in [0, 0.05) is 28.4 Å². The lowest BCUT2D eigenvalue weighted by atomic mass is 10.00. The van der Waals surface area contributed by atoms with Gasteiger partial charge in [-0.15, -0.1) is 0 Å². The van der Waals surface area contributed by atoms with Crippen molar-refractivity contribution in [2.24, 2.45) is 5.92 Å². The number of aromatic carboxylic acids is 1. The highest BCUT2D eigenvalue weighted by Gasteiger charge is 2.18. The Hall–Kier alpha value is -4.58. The van der Waals surface area contributed by atoms with Crippen LogP contribution in [-0.2, 0) is 4.74 Å². The van der Waals surface area contributed by atoms with Crippen molar-refractivity contribution in [1.82, 2.24) is 0 Å². The first-order valence-corrected chi connectivity index (χ1v) is 13.0. The summed E-state index contributed by atoms with van der Waals surface area (Å²) in [5, 5.41) is 13.3. The van der Waals surface area contributed by atoms with Crippen molar-refractivity contribution in [2.45, 2.75) is 40.2 Å². The van der Waals surface area contributed by atoms with Crippen molar-refractivity contribution in [2.75, 3.05) is 5.32 Å². The van der Waals surface area contributed by atoms with Crippen LogP contribution in [0.2, 0.25) is 0 Å². The third-order valence-electron chi connectivity index (χ3n) is 6.75. The second-order valence-corrected chi connectivity index (χ2v) is 9.75. The fourth-order valence-electron chi connectivity index (χ4n) is 4.28. The lowest BCUT2D eigenvalue weighted by molar-refractivity contribution is 0.0698. The Morgan fingerprint density at radius 3 is 2.51 bits per heavy atom. The van der Waals surface area contributed by atoms with Crippen LogP contribution >= 0.6 is 0 Å². The summed E-state index contributed by atoms with van der Waals surface area (Å²) in [5.41, 5.74) is 4.20. The molecule has 2 N–H and O–H groups in total. The molecule has 200 valence electrons. The molecule has 0 radical (unpaired) electrons. The average Bonchev–Trinajstić information content (AvgIpc) is 2.93. The van der Waals surface area contributed by atoms with E-state index < -0.39 is 5.97 Å². The summed E-state index contributed by atoms with van der Waals surface area (Å²) >= 11 is 0. The topological polar surface area (TPSA) is 88.8 Å². The molecule has 2 unspecified atom stereocenters. The van der Waals surface area contributed by atoms with E-state index in [0.717, 1.165) is 28.7 Å². The molecule has 39 heavy (non-hydrogen) atoms. The van der Waals surface area contributed by atoms with E-state index in [-0.39, 0.29) is 17.0 Å². The Labute approximate surface area is 228 Å². The number of rotatable bonds is 10. The van der Waals surface area contributed by atoms with Gasteiger partial charge in [0.15, 0.2) is 5.43 Å². The molecule has 2 atom stereocenters. The minimum atomic E-state index is -1.02. The molecule has 3 aromatic carbocycles. The SMILES string of the molecule is C=C(O/C=C\C(C)CC)c1ccc(-c2cc(=O)c3cc(C)cc(C(C)Nc4ccccc4C(=O)O)c3o2)cc1. The van der Waals surface area contributed by atoms with Crippen LogP contribution in [0.3, 0.4) is 0 Å². The first-order chi connectivity index (χ1) is 18.7. The van der Waals surface area contributed by atoms with E-state index in [0.29, 0.717) is 34.1 Å². The minimum absolute atomic E-state index is 0.152. The lowest BCUT2D eigenvalue weighted by Crippen LogP contribution is -2.12. The second-order valence-electron chi connectivity index (χ2n) is 9.75. The molecule has 0 aliphatic rings. The van der Waals surface area contributed by atoms with Gasteiger partial charge in [-0.1, -0.05) is 62.9 Å². The predicted molar refractivity (Wildman–Crippen MR) is 157 cm³/mol. The number of fused-ring (bicyclic) bond motifs is 1. The van der Waals surface area contributed by atoms with E-state index in [1.807, 2.05) is 56.3 Å². The Morgan fingerprint density at radius 2 is 1.82 bits per heavy atom. The third-order valence-corrected chi connectivity index (χ3v) is 6.75. The monoisotopic (exact) mass is 523 g/mol. The molecule has 0 aliphatic heterocycles. The van der Waals surface area contributed by atoms with Gasteiger partial charge in [0.1, 0.15) is 17.1 Å². The van der Waals surface area contributed by atoms with Crippen molar-refractivity contribution < 1.29 is 19.1 Å².